The number of methoxy groups -OCH3 is 1. The van der Waals surface area contributed by atoms with Gasteiger partial charge in [0.25, 0.3) is 0 Å². The van der Waals surface area contributed by atoms with E-state index in [0.29, 0.717) is 6.61 Å². The van der Waals surface area contributed by atoms with Crippen LogP contribution in [0.1, 0.15) is 26.7 Å². The maximum absolute atomic E-state index is 11.8. The molecule has 0 aromatic rings. The fourth-order valence-corrected chi connectivity index (χ4v) is 1.94. The van der Waals surface area contributed by atoms with Crippen molar-refractivity contribution in [1.29, 1.82) is 0 Å². The summed E-state index contributed by atoms with van der Waals surface area (Å²) in [7, 11) is 1.65. The second kappa shape index (κ2) is 4.28. The van der Waals surface area contributed by atoms with Crippen molar-refractivity contribution < 1.29 is 9.53 Å². The summed E-state index contributed by atoms with van der Waals surface area (Å²) in [4.78, 5) is 13.6. The molecule has 1 aliphatic rings. The van der Waals surface area contributed by atoms with Gasteiger partial charge in [-0.1, -0.05) is 0 Å². The minimum absolute atomic E-state index is 0.0540. The van der Waals surface area contributed by atoms with Gasteiger partial charge in [-0.25, -0.2) is 0 Å². The van der Waals surface area contributed by atoms with Gasteiger partial charge in [0.15, 0.2) is 0 Å². The predicted molar refractivity (Wildman–Crippen MR) is 54.9 cm³/mol. The second-order valence-corrected chi connectivity index (χ2v) is 4.48. The van der Waals surface area contributed by atoms with Crippen molar-refractivity contribution in [2.75, 3.05) is 20.3 Å². The van der Waals surface area contributed by atoms with Crippen LogP contribution in [0.4, 0.5) is 0 Å². The predicted octanol–water partition coefficient (Wildman–Crippen LogP) is 0.361. The van der Waals surface area contributed by atoms with E-state index >= 15 is 0 Å². The van der Waals surface area contributed by atoms with Crippen LogP contribution >= 0.6 is 0 Å². The Morgan fingerprint density at radius 1 is 1.64 bits per heavy atom. The van der Waals surface area contributed by atoms with Crippen LogP contribution in [0.25, 0.3) is 0 Å². The monoisotopic (exact) mass is 200 g/mol. The highest BCUT2D eigenvalue weighted by atomic mass is 16.5. The topological polar surface area (TPSA) is 55.6 Å². The second-order valence-electron chi connectivity index (χ2n) is 4.48. The Balaban J connectivity index is 2.70. The minimum atomic E-state index is -0.320. The number of nitrogens with two attached hydrogens (primary N) is 1. The summed E-state index contributed by atoms with van der Waals surface area (Å²) in [6, 6.07) is -0.320. The van der Waals surface area contributed by atoms with E-state index in [0.717, 1.165) is 19.4 Å². The average Bonchev–Trinajstić information content (AvgIpc) is 2.09. The summed E-state index contributed by atoms with van der Waals surface area (Å²) in [5, 5.41) is 0. The molecule has 1 rings (SSSR count). The Bertz CT molecular complexity index is 216. The molecule has 1 atom stereocenters. The van der Waals surface area contributed by atoms with E-state index in [9.17, 15) is 4.79 Å². The van der Waals surface area contributed by atoms with Gasteiger partial charge in [0, 0.05) is 13.7 Å². The van der Waals surface area contributed by atoms with Gasteiger partial charge in [-0.3, -0.25) is 4.79 Å². The molecular weight excluding hydrogens is 180 g/mol. The first-order valence-corrected chi connectivity index (χ1v) is 5.05. The number of hydrogen-bond donors (Lipinski definition) is 1. The quantitative estimate of drug-likeness (QED) is 0.715. The molecule has 14 heavy (non-hydrogen) atoms. The zero-order chi connectivity index (χ0) is 10.8. The van der Waals surface area contributed by atoms with Crippen molar-refractivity contribution in [2.45, 2.75) is 38.3 Å². The van der Waals surface area contributed by atoms with Crippen molar-refractivity contribution in [1.82, 2.24) is 4.90 Å². The number of ether oxygens (including phenoxy) is 1. The number of likely N-dealkylation sites (tertiary alicyclic amines) is 1. The largest absolute Gasteiger partial charge is 0.382 e. The molecule has 1 aliphatic heterocycles. The van der Waals surface area contributed by atoms with Crippen LogP contribution in [0.3, 0.4) is 0 Å². The number of carbonyl (C=O) groups excluding carboxylic acids is 1. The lowest BCUT2D eigenvalue weighted by Gasteiger charge is -2.42. The molecule has 0 saturated carbocycles. The third-order valence-electron chi connectivity index (χ3n) is 2.71. The maximum atomic E-state index is 11.8. The molecule has 4 heteroatoms. The number of piperidine rings is 1. The first kappa shape index (κ1) is 11.5. The summed E-state index contributed by atoms with van der Waals surface area (Å²) >= 11 is 0. The van der Waals surface area contributed by atoms with Gasteiger partial charge in [0.05, 0.1) is 18.2 Å². The summed E-state index contributed by atoms with van der Waals surface area (Å²) < 4.78 is 5.11. The van der Waals surface area contributed by atoms with E-state index in [4.69, 9.17) is 10.5 Å². The first-order chi connectivity index (χ1) is 6.49. The minimum Gasteiger partial charge on any atom is -0.382 e. The fourth-order valence-electron chi connectivity index (χ4n) is 1.94. The highest BCUT2D eigenvalue weighted by Gasteiger charge is 2.35. The maximum Gasteiger partial charge on any atom is 0.240 e. The number of carbonyl (C=O) groups is 1. The van der Waals surface area contributed by atoms with Gasteiger partial charge in [-0.2, -0.15) is 0 Å². The molecule has 2 N–H and O–H groups in total. The summed E-state index contributed by atoms with van der Waals surface area (Å²) in [6.45, 7) is 5.35. The molecule has 1 saturated heterocycles. The zero-order valence-corrected chi connectivity index (χ0v) is 9.25. The van der Waals surface area contributed by atoms with Crippen LogP contribution in [-0.4, -0.2) is 42.6 Å². The lowest BCUT2D eigenvalue weighted by Crippen LogP contribution is -2.58. The number of hydrogen-bond acceptors (Lipinski definition) is 3. The van der Waals surface area contributed by atoms with Crippen molar-refractivity contribution in [3.63, 3.8) is 0 Å². The number of rotatable bonds is 3. The first-order valence-electron chi connectivity index (χ1n) is 5.05. The zero-order valence-electron chi connectivity index (χ0n) is 9.25. The Morgan fingerprint density at radius 3 is 2.86 bits per heavy atom. The molecule has 4 nitrogen and oxygen atoms in total. The Morgan fingerprint density at radius 2 is 2.29 bits per heavy atom. The van der Waals surface area contributed by atoms with Gasteiger partial charge >= 0.3 is 0 Å². The molecule has 82 valence electrons. The average molecular weight is 200 g/mol. The van der Waals surface area contributed by atoms with E-state index in [1.807, 2.05) is 18.7 Å². The molecule has 0 bridgehead atoms. The van der Waals surface area contributed by atoms with Crippen LogP contribution in [0.15, 0.2) is 0 Å². The van der Waals surface area contributed by atoms with Crippen molar-refractivity contribution in [3.8, 4) is 0 Å². The van der Waals surface area contributed by atoms with Crippen LogP contribution in [-0.2, 0) is 9.53 Å². The molecule has 0 spiro atoms. The number of amides is 1. The normalized spacial score (nSPS) is 24.1. The molecule has 1 heterocycles. The van der Waals surface area contributed by atoms with E-state index < -0.39 is 0 Å². The molecule has 1 amide bonds. The van der Waals surface area contributed by atoms with E-state index in [2.05, 4.69) is 0 Å². The third-order valence-corrected chi connectivity index (χ3v) is 2.71. The molecule has 1 fully saturated rings. The Labute approximate surface area is 85.4 Å². The van der Waals surface area contributed by atoms with Gasteiger partial charge < -0.3 is 15.4 Å². The highest BCUT2D eigenvalue weighted by molar-refractivity contribution is 5.83. The standard InChI is InChI=1S/C10H20N2O2/c1-10(2,7-14-3)12-6-4-5-8(11)9(12)13/h8H,4-7,11H2,1-3H3. The Kier molecular flexibility index (Phi) is 3.50. The molecule has 0 aromatic heterocycles. The SMILES string of the molecule is COCC(C)(C)N1CCCC(N)C1=O. The van der Waals surface area contributed by atoms with Gasteiger partial charge in [-0.05, 0) is 26.7 Å². The van der Waals surface area contributed by atoms with Crippen LogP contribution < -0.4 is 5.73 Å². The lowest BCUT2D eigenvalue weighted by atomic mass is 9.97. The lowest BCUT2D eigenvalue weighted by molar-refractivity contribution is -0.142. The third kappa shape index (κ3) is 2.25. The van der Waals surface area contributed by atoms with E-state index in [1.165, 1.54) is 0 Å². The van der Waals surface area contributed by atoms with Crippen molar-refractivity contribution in [3.05, 3.63) is 0 Å². The van der Waals surface area contributed by atoms with Crippen LogP contribution in [0.5, 0.6) is 0 Å². The Hall–Kier alpha value is -0.610. The molecule has 0 aliphatic carbocycles. The molecule has 1 unspecified atom stereocenters. The molecular formula is C10H20N2O2. The van der Waals surface area contributed by atoms with E-state index in [-0.39, 0.29) is 17.5 Å². The van der Waals surface area contributed by atoms with Gasteiger partial charge in [0.2, 0.25) is 5.91 Å². The summed E-state index contributed by atoms with van der Waals surface area (Å²) in [5.74, 6) is 0.0540. The van der Waals surface area contributed by atoms with Crippen molar-refractivity contribution in [2.24, 2.45) is 5.73 Å². The number of nitrogens with zero attached hydrogens (tertiary/aromatic N) is 1. The highest BCUT2D eigenvalue weighted by Crippen LogP contribution is 2.21. The fraction of sp³-hybridized carbons (Fsp3) is 0.900. The molecule has 0 aromatic carbocycles. The van der Waals surface area contributed by atoms with Crippen molar-refractivity contribution >= 4 is 5.91 Å². The van der Waals surface area contributed by atoms with Crippen LogP contribution in [0.2, 0.25) is 0 Å². The van der Waals surface area contributed by atoms with Gasteiger partial charge in [0.1, 0.15) is 0 Å². The smallest absolute Gasteiger partial charge is 0.240 e. The van der Waals surface area contributed by atoms with E-state index in [1.54, 1.807) is 7.11 Å². The summed E-state index contributed by atoms with van der Waals surface area (Å²) in [6.07, 6.45) is 1.79. The molecule has 0 radical (unpaired) electrons. The van der Waals surface area contributed by atoms with Crippen LogP contribution in [0, 0.1) is 0 Å². The van der Waals surface area contributed by atoms with Gasteiger partial charge in [-0.15, -0.1) is 0 Å². The summed E-state index contributed by atoms with van der Waals surface area (Å²) in [5.41, 5.74) is 5.48.